The minimum atomic E-state index is -2.89. The summed E-state index contributed by atoms with van der Waals surface area (Å²) in [6.07, 6.45) is 4.37. The van der Waals surface area contributed by atoms with Gasteiger partial charge in [-0.15, -0.1) is 0 Å². The van der Waals surface area contributed by atoms with Crippen molar-refractivity contribution in [3.63, 3.8) is 0 Å². The molecule has 152 valence electrons. The smallest absolute Gasteiger partial charge is 0.387 e. The highest BCUT2D eigenvalue weighted by molar-refractivity contribution is 5.97. The van der Waals surface area contributed by atoms with Crippen LogP contribution in [0.4, 0.5) is 8.78 Å². The number of ether oxygens (including phenoxy) is 2. The summed E-state index contributed by atoms with van der Waals surface area (Å²) in [5.41, 5.74) is 0.896. The number of nitrogens with one attached hydrogen (secondary N) is 1. The predicted octanol–water partition coefficient (Wildman–Crippen LogP) is 3.27. The first-order chi connectivity index (χ1) is 13.4. The summed E-state index contributed by atoms with van der Waals surface area (Å²) in [7, 11) is 0. The minimum Gasteiger partial charge on any atom is -0.435 e. The molecule has 1 aliphatic rings. The molecule has 0 aliphatic heterocycles. The van der Waals surface area contributed by atoms with Crippen molar-refractivity contribution in [2.45, 2.75) is 57.5 Å². The number of aliphatic hydroxyl groups excluding tert-OH is 1. The quantitative estimate of drug-likeness (QED) is 0.753. The number of rotatable bonds is 7. The molecule has 6 nitrogen and oxygen atoms in total. The zero-order valence-corrected chi connectivity index (χ0v) is 15.6. The normalized spacial score (nSPS) is 20.9. The first-order valence-corrected chi connectivity index (χ1v) is 9.36. The van der Waals surface area contributed by atoms with Crippen LogP contribution in [0.25, 0.3) is 10.9 Å². The molecule has 1 fully saturated rings. The molecule has 0 radical (unpaired) electrons. The molecule has 0 saturated heterocycles. The van der Waals surface area contributed by atoms with Crippen LogP contribution in [-0.4, -0.2) is 47.5 Å². The number of alkyl halides is 2. The molecule has 0 bridgehead atoms. The Morgan fingerprint density at radius 3 is 2.71 bits per heavy atom. The summed E-state index contributed by atoms with van der Waals surface area (Å²) in [5, 5.41) is 13.0. The lowest BCUT2D eigenvalue weighted by atomic mass is 9.92. The average Bonchev–Trinajstić information content (AvgIpc) is 2.66. The second kappa shape index (κ2) is 9.25. The Balaban J connectivity index is 1.56. The highest BCUT2D eigenvalue weighted by Gasteiger charge is 2.23. The highest BCUT2D eigenvalue weighted by Crippen LogP contribution is 2.23. The van der Waals surface area contributed by atoms with Crippen LogP contribution < -0.4 is 10.1 Å². The number of aliphatic hydroxyl groups is 1. The number of fused-ring (bicyclic) bond motifs is 1. The number of benzene rings is 1. The summed E-state index contributed by atoms with van der Waals surface area (Å²) in [6, 6.07) is 6.18. The van der Waals surface area contributed by atoms with Crippen LogP contribution in [0.2, 0.25) is 0 Å². The topological polar surface area (TPSA) is 80.7 Å². The van der Waals surface area contributed by atoms with Gasteiger partial charge in [-0.2, -0.15) is 8.78 Å². The third-order valence-corrected chi connectivity index (χ3v) is 4.73. The Kier molecular flexibility index (Phi) is 6.74. The summed E-state index contributed by atoms with van der Waals surface area (Å²) in [4.78, 5) is 16.7. The van der Waals surface area contributed by atoms with E-state index < -0.39 is 12.7 Å². The second-order valence-corrected chi connectivity index (χ2v) is 7.09. The summed E-state index contributed by atoms with van der Waals surface area (Å²) < 4.78 is 34.6. The molecular weight excluding hydrogens is 370 g/mol. The van der Waals surface area contributed by atoms with Gasteiger partial charge in [0.15, 0.2) is 0 Å². The van der Waals surface area contributed by atoms with Crippen molar-refractivity contribution in [3.8, 4) is 5.75 Å². The second-order valence-electron chi connectivity index (χ2n) is 7.09. The van der Waals surface area contributed by atoms with Crippen LogP contribution in [0.1, 0.15) is 43.0 Å². The predicted molar refractivity (Wildman–Crippen MR) is 99.5 cm³/mol. The molecule has 3 rings (SSSR count). The molecule has 0 spiro atoms. The SMILES string of the molecule is CC(O)COC1CCC(NC(=O)c2cnc3cc(OC(F)F)ccc3c2)CC1. The van der Waals surface area contributed by atoms with Crippen molar-refractivity contribution in [2.24, 2.45) is 0 Å². The van der Waals surface area contributed by atoms with Crippen LogP contribution in [0, 0.1) is 0 Å². The monoisotopic (exact) mass is 394 g/mol. The fraction of sp³-hybridized carbons (Fsp3) is 0.500. The highest BCUT2D eigenvalue weighted by atomic mass is 19.3. The van der Waals surface area contributed by atoms with Crippen LogP contribution in [0.5, 0.6) is 5.75 Å². The maximum Gasteiger partial charge on any atom is 0.387 e. The fourth-order valence-electron chi connectivity index (χ4n) is 3.32. The van der Waals surface area contributed by atoms with E-state index in [-0.39, 0.29) is 23.8 Å². The van der Waals surface area contributed by atoms with E-state index in [1.54, 1.807) is 19.1 Å². The van der Waals surface area contributed by atoms with Gasteiger partial charge < -0.3 is 19.9 Å². The lowest BCUT2D eigenvalue weighted by Gasteiger charge is -2.29. The summed E-state index contributed by atoms with van der Waals surface area (Å²) in [5.74, 6) is -0.183. The van der Waals surface area contributed by atoms with Crippen LogP contribution in [-0.2, 0) is 4.74 Å². The number of hydrogen-bond acceptors (Lipinski definition) is 5. The van der Waals surface area contributed by atoms with Gasteiger partial charge in [-0.25, -0.2) is 0 Å². The van der Waals surface area contributed by atoms with Gasteiger partial charge in [0.25, 0.3) is 5.91 Å². The first-order valence-electron chi connectivity index (χ1n) is 9.36. The number of carbonyl (C=O) groups excluding carboxylic acids is 1. The minimum absolute atomic E-state index is 0.0294. The molecule has 1 aromatic heterocycles. The molecular formula is C20H24F2N2O4. The standard InChI is InChI=1S/C20H24F2N2O4/c1-12(25)11-27-16-6-3-15(4-7-16)24-19(26)14-8-13-2-5-17(28-20(21)22)9-18(13)23-10-14/h2,5,8-10,12,15-16,20,25H,3-4,6-7,11H2,1H3,(H,24,26). The molecule has 1 aromatic carbocycles. The molecule has 1 aliphatic carbocycles. The molecule has 1 amide bonds. The number of hydrogen-bond donors (Lipinski definition) is 2. The Hall–Kier alpha value is -2.32. The maximum atomic E-state index is 12.5. The van der Waals surface area contributed by atoms with Gasteiger partial charge >= 0.3 is 6.61 Å². The summed E-state index contributed by atoms with van der Waals surface area (Å²) >= 11 is 0. The van der Waals surface area contributed by atoms with Gasteiger partial charge in [0.05, 0.1) is 29.9 Å². The Morgan fingerprint density at radius 2 is 2.04 bits per heavy atom. The van der Waals surface area contributed by atoms with Crippen molar-refractivity contribution in [1.82, 2.24) is 10.3 Å². The number of carbonyl (C=O) groups is 1. The van der Waals surface area contributed by atoms with Crippen molar-refractivity contribution >= 4 is 16.8 Å². The van der Waals surface area contributed by atoms with Crippen molar-refractivity contribution in [1.29, 1.82) is 0 Å². The zero-order valence-electron chi connectivity index (χ0n) is 15.6. The van der Waals surface area contributed by atoms with E-state index in [0.29, 0.717) is 23.1 Å². The number of amides is 1. The van der Waals surface area contributed by atoms with Crippen LogP contribution in [0.3, 0.4) is 0 Å². The van der Waals surface area contributed by atoms with E-state index in [1.165, 1.54) is 18.3 Å². The van der Waals surface area contributed by atoms with E-state index in [1.807, 2.05) is 0 Å². The molecule has 1 unspecified atom stereocenters. The fourth-order valence-corrected chi connectivity index (χ4v) is 3.32. The molecule has 8 heteroatoms. The third-order valence-electron chi connectivity index (χ3n) is 4.73. The Labute approximate surface area is 161 Å². The van der Waals surface area contributed by atoms with E-state index in [2.05, 4.69) is 15.0 Å². The maximum absolute atomic E-state index is 12.5. The number of aromatic nitrogens is 1. The largest absolute Gasteiger partial charge is 0.435 e. The van der Waals surface area contributed by atoms with Gasteiger partial charge in [-0.05, 0) is 50.8 Å². The molecule has 1 heterocycles. The van der Waals surface area contributed by atoms with Gasteiger partial charge in [-0.3, -0.25) is 9.78 Å². The van der Waals surface area contributed by atoms with Gasteiger partial charge in [0, 0.05) is 23.7 Å². The zero-order chi connectivity index (χ0) is 20.1. The van der Waals surface area contributed by atoms with Gasteiger partial charge in [-0.1, -0.05) is 0 Å². The van der Waals surface area contributed by atoms with Crippen molar-refractivity contribution < 1.29 is 28.2 Å². The number of nitrogens with zero attached hydrogens (tertiary/aromatic N) is 1. The molecule has 28 heavy (non-hydrogen) atoms. The number of pyridine rings is 1. The lowest BCUT2D eigenvalue weighted by molar-refractivity contribution is -0.0497. The van der Waals surface area contributed by atoms with Crippen molar-refractivity contribution in [3.05, 3.63) is 36.0 Å². The van der Waals surface area contributed by atoms with Gasteiger partial charge in [0.1, 0.15) is 5.75 Å². The third kappa shape index (κ3) is 5.59. The van der Waals surface area contributed by atoms with E-state index in [4.69, 9.17) is 4.74 Å². The van der Waals surface area contributed by atoms with Crippen molar-refractivity contribution in [2.75, 3.05) is 6.61 Å². The Bertz CT molecular complexity index is 808. The van der Waals surface area contributed by atoms with E-state index in [9.17, 15) is 18.7 Å². The molecule has 2 N–H and O–H groups in total. The lowest BCUT2D eigenvalue weighted by Crippen LogP contribution is -2.39. The number of halogens is 2. The first kappa shape index (κ1) is 20.4. The van der Waals surface area contributed by atoms with E-state index in [0.717, 1.165) is 25.7 Å². The molecule has 1 atom stereocenters. The van der Waals surface area contributed by atoms with E-state index >= 15 is 0 Å². The van der Waals surface area contributed by atoms with Crippen LogP contribution >= 0.6 is 0 Å². The molecule has 1 saturated carbocycles. The Morgan fingerprint density at radius 1 is 1.29 bits per heavy atom. The molecule has 2 aromatic rings. The summed E-state index contributed by atoms with van der Waals surface area (Å²) in [6.45, 7) is -0.875. The van der Waals surface area contributed by atoms with Gasteiger partial charge in [0.2, 0.25) is 0 Å². The average molecular weight is 394 g/mol. The van der Waals surface area contributed by atoms with Crippen LogP contribution in [0.15, 0.2) is 30.5 Å².